The molecule has 50 heavy (non-hydrogen) atoms. The third-order valence-electron chi connectivity index (χ3n) is 11.3. The number of likely N-dealkylation sites (N-methyl/N-ethyl adjacent to an activating group) is 2. The van der Waals surface area contributed by atoms with E-state index >= 15 is 0 Å². The van der Waals surface area contributed by atoms with Gasteiger partial charge in [-0.25, -0.2) is 4.79 Å². The smallest absolute Gasteiger partial charge is 0.415 e. The fourth-order valence-electron chi connectivity index (χ4n) is 8.77. The Morgan fingerprint density at radius 1 is 1.02 bits per heavy atom. The second-order valence-corrected chi connectivity index (χ2v) is 15.5. The molecule has 0 bridgehead atoms. The number of H-pyrrole nitrogens is 2. The fraction of sp³-hybridized carbons (Fsp3) is 0.486. The van der Waals surface area contributed by atoms with Crippen molar-refractivity contribution in [3.05, 3.63) is 46.8 Å². The summed E-state index contributed by atoms with van der Waals surface area (Å²) in [5, 5.41) is 15.2. The summed E-state index contributed by atoms with van der Waals surface area (Å²) in [5.41, 5.74) is 4.73. The number of aromatic amines is 2. The minimum Gasteiger partial charge on any atom is -0.506 e. The molecule has 1 saturated carbocycles. The number of phenolic OH excluding ortho intramolecular Hbond substituents is 1. The van der Waals surface area contributed by atoms with Gasteiger partial charge in [-0.3, -0.25) is 9.59 Å². The van der Waals surface area contributed by atoms with Crippen LogP contribution in [-0.2, 0) is 9.59 Å². The van der Waals surface area contributed by atoms with E-state index in [4.69, 9.17) is 27.9 Å². The minimum absolute atomic E-state index is 0.0755. The van der Waals surface area contributed by atoms with Gasteiger partial charge in [-0.1, -0.05) is 13.8 Å². The molecule has 7 rings (SSSR count). The van der Waals surface area contributed by atoms with Crippen molar-refractivity contribution in [1.29, 1.82) is 0 Å². The van der Waals surface area contributed by atoms with Gasteiger partial charge >= 0.3 is 6.09 Å². The van der Waals surface area contributed by atoms with Crippen LogP contribution < -0.4 is 19.9 Å². The summed E-state index contributed by atoms with van der Waals surface area (Å²) in [6.45, 7) is 9.61. The number of hydrogen-bond acceptors (Lipinski definition) is 6. The van der Waals surface area contributed by atoms with Gasteiger partial charge in [0.25, 0.3) is 0 Å². The van der Waals surface area contributed by atoms with Crippen LogP contribution in [0.4, 0.5) is 16.2 Å². The van der Waals surface area contributed by atoms with Crippen LogP contribution in [0.1, 0.15) is 66.7 Å². The first-order valence-electron chi connectivity index (χ1n) is 17.2. The third-order valence-corrected chi connectivity index (χ3v) is 12.1. The van der Waals surface area contributed by atoms with E-state index in [9.17, 15) is 19.5 Å². The zero-order valence-electron chi connectivity index (χ0n) is 29.3. The lowest BCUT2D eigenvalue weighted by atomic mass is 9.51. The lowest BCUT2D eigenvalue weighted by Gasteiger charge is -2.54. The van der Waals surface area contributed by atoms with Crippen LogP contribution in [0, 0.1) is 24.7 Å². The van der Waals surface area contributed by atoms with Crippen molar-refractivity contribution in [2.45, 2.75) is 58.3 Å². The molecule has 2 aliphatic heterocycles. The molecule has 4 heterocycles. The number of benzene rings is 2. The molecule has 2 atom stereocenters. The molecule has 2 aromatic carbocycles. The number of halogens is 2. The number of fused-ring (bicyclic) bond motifs is 6. The molecule has 0 saturated heterocycles. The van der Waals surface area contributed by atoms with E-state index in [0.29, 0.717) is 72.9 Å². The highest BCUT2D eigenvalue weighted by Gasteiger charge is 2.62. The number of nitrogens with one attached hydrogen (secondary N) is 3. The van der Waals surface area contributed by atoms with Gasteiger partial charge < -0.3 is 39.8 Å². The Morgan fingerprint density at radius 3 is 2.28 bits per heavy atom. The number of hydrogen-bond donors (Lipinski definition) is 4. The van der Waals surface area contributed by atoms with Gasteiger partial charge in [-0.05, 0) is 56.8 Å². The van der Waals surface area contributed by atoms with Crippen LogP contribution in [0.3, 0.4) is 0 Å². The van der Waals surface area contributed by atoms with Gasteiger partial charge in [0.05, 0.1) is 33.2 Å². The van der Waals surface area contributed by atoms with Gasteiger partial charge in [0, 0.05) is 91.3 Å². The van der Waals surface area contributed by atoms with E-state index in [0.717, 1.165) is 33.0 Å². The SMILES string of the molecule is CCC1(C(=O)N2CC(Cl)c3c2cc(OC(=O)N(C)CCNC)c2[nH]cc(C)c32)CC(C)(C(=O)N2C[C@@H](CCl)c3c2cc(O)c2[nH]cc(C)c32)C1. The Morgan fingerprint density at radius 2 is 1.64 bits per heavy atom. The molecule has 1 fully saturated rings. The first kappa shape index (κ1) is 34.5. The van der Waals surface area contributed by atoms with Gasteiger partial charge in [0.2, 0.25) is 11.8 Å². The number of carbonyl (C=O) groups excluding carboxylic acids is 3. The van der Waals surface area contributed by atoms with Gasteiger partial charge in [-0.15, -0.1) is 23.2 Å². The van der Waals surface area contributed by atoms with Crippen molar-refractivity contribution >= 4 is 74.3 Å². The highest BCUT2D eigenvalue weighted by molar-refractivity contribution is 6.25. The van der Waals surface area contributed by atoms with Crippen molar-refractivity contribution in [3.63, 3.8) is 0 Å². The number of aromatic hydroxyl groups is 1. The number of ether oxygens (including phenoxy) is 1. The molecule has 266 valence electrons. The monoisotopic (exact) mass is 722 g/mol. The third kappa shape index (κ3) is 5.06. The van der Waals surface area contributed by atoms with Crippen LogP contribution in [0.5, 0.6) is 11.5 Å². The summed E-state index contributed by atoms with van der Waals surface area (Å²) in [6.07, 6.45) is 4.48. The number of amides is 3. The molecular weight excluding hydrogens is 679 g/mol. The lowest BCUT2D eigenvalue weighted by Crippen LogP contribution is -2.60. The Kier molecular flexibility index (Phi) is 8.55. The number of alkyl halides is 2. The number of phenols is 1. The van der Waals surface area contributed by atoms with E-state index in [1.807, 2.05) is 47.1 Å². The molecule has 0 spiro atoms. The molecule has 3 aliphatic rings. The van der Waals surface area contributed by atoms with Crippen molar-refractivity contribution < 1.29 is 24.2 Å². The highest BCUT2D eigenvalue weighted by atomic mass is 35.5. The molecule has 4 N–H and O–H groups in total. The zero-order valence-corrected chi connectivity index (χ0v) is 30.8. The van der Waals surface area contributed by atoms with E-state index in [1.54, 1.807) is 29.0 Å². The maximum absolute atomic E-state index is 14.7. The van der Waals surface area contributed by atoms with E-state index < -0.39 is 22.3 Å². The van der Waals surface area contributed by atoms with E-state index in [2.05, 4.69) is 15.3 Å². The largest absolute Gasteiger partial charge is 0.506 e. The average molecular weight is 724 g/mol. The van der Waals surface area contributed by atoms with Gasteiger partial charge in [-0.2, -0.15) is 0 Å². The zero-order chi connectivity index (χ0) is 35.9. The second kappa shape index (κ2) is 12.4. The van der Waals surface area contributed by atoms with Crippen LogP contribution in [-0.4, -0.2) is 84.0 Å². The summed E-state index contributed by atoms with van der Waals surface area (Å²) in [5.74, 6) is 0.493. The molecule has 2 aromatic heterocycles. The summed E-state index contributed by atoms with van der Waals surface area (Å²) < 4.78 is 5.91. The maximum atomic E-state index is 14.7. The van der Waals surface area contributed by atoms with Gasteiger partial charge in [0.15, 0.2) is 5.75 Å². The van der Waals surface area contributed by atoms with E-state index in [-0.39, 0.29) is 30.0 Å². The number of nitrogens with zero attached hydrogens (tertiary/aromatic N) is 3. The lowest BCUT2D eigenvalue weighted by molar-refractivity contribution is -0.153. The second-order valence-electron chi connectivity index (χ2n) is 14.7. The fourth-order valence-corrected chi connectivity index (χ4v) is 9.38. The number of aryl methyl sites for hydroxylation is 2. The average Bonchev–Trinajstić information content (AvgIpc) is 3.84. The molecule has 4 aromatic rings. The molecule has 13 heteroatoms. The quantitative estimate of drug-likeness (QED) is 0.148. The summed E-state index contributed by atoms with van der Waals surface area (Å²) >= 11 is 13.5. The minimum atomic E-state index is -0.801. The van der Waals surface area contributed by atoms with E-state index in [1.165, 1.54) is 4.90 Å². The summed E-state index contributed by atoms with van der Waals surface area (Å²) in [7, 11) is 3.49. The summed E-state index contributed by atoms with van der Waals surface area (Å²) in [4.78, 5) is 53.6. The van der Waals surface area contributed by atoms with Crippen molar-refractivity contribution in [1.82, 2.24) is 20.2 Å². The molecule has 1 aliphatic carbocycles. The van der Waals surface area contributed by atoms with Crippen LogP contribution in [0.15, 0.2) is 24.5 Å². The first-order valence-corrected chi connectivity index (χ1v) is 18.2. The van der Waals surface area contributed by atoms with Crippen molar-refractivity contribution in [3.8, 4) is 11.5 Å². The van der Waals surface area contributed by atoms with Crippen LogP contribution in [0.2, 0.25) is 0 Å². The number of carbonyl (C=O) groups is 3. The van der Waals surface area contributed by atoms with Crippen LogP contribution in [0.25, 0.3) is 21.8 Å². The molecule has 0 radical (unpaired) electrons. The molecule has 11 nitrogen and oxygen atoms in total. The topological polar surface area (TPSA) is 134 Å². The predicted octanol–water partition coefficient (Wildman–Crippen LogP) is 6.81. The number of anilines is 2. The molecule has 3 amide bonds. The summed E-state index contributed by atoms with van der Waals surface area (Å²) in [6, 6.07) is 3.40. The van der Waals surface area contributed by atoms with Crippen molar-refractivity contribution in [2.24, 2.45) is 10.8 Å². The predicted molar refractivity (Wildman–Crippen MR) is 197 cm³/mol. The molecule has 1 unspecified atom stereocenters. The maximum Gasteiger partial charge on any atom is 0.415 e. The Balaban J connectivity index is 1.18. The first-order chi connectivity index (χ1) is 23.8. The standard InChI is InChI=1S/C37H44Cl2N6O5/c1-7-37(17-36(4,18-37)33(47)44-15-21(12-38)29-23(44)10-25(46)31-27(29)19(2)13-41-31)34(48)45-16-22(39)30-24(45)11-26(32-28(30)20(3)14-42-32)50-35(49)43(6)9-8-40-5/h10-11,13-14,21-22,40-42,46H,7-9,12,15-18H2,1-6H3/t21-,22?,36?,37?/m1/s1. The Hall–Kier alpha value is -3.93. The Labute approximate surface area is 301 Å². The molecular formula is C37H44Cl2N6O5. The normalized spacial score (nSPS) is 24.1. The highest BCUT2D eigenvalue weighted by Crippen LogP contribution is 2.61. The van der Waals surface area contributed by atoms with Crippen molar-refractivity contribution in [2.75, 3.05) is 56.0 Å². The number of aromatic nitrogens is 2. The Bertz CT molecular complexity index is 2050. The van der Waals surface area contributed by atoms with Crippen LogP contribution >= 0.6 is 23.2 Å². The van der Waals surface area contributed by atoms with Gasteiger partial charge in [0.1, 0.15) is 5.75 Å². The number of rotatable bonds is 8.